The quantitative estimate of drug-likeness (QED) is 0.213. The number of aryl methyl sites for hydroxylation is 1. The number of hydrogen-bond donors (Lipinski definition) is 2. The largest absolute Gasteiger partial charge is 0.496 e. The summed E-state index contributed by atoms with van der Waals surface area (Å²) >= 11 is 5.60. The minimum Gasteiger partial charge on any atom is -0.496 e. The van der Waals surface area contributed by atoms with Crippen LogP contribution in [0.25, 0.3) is 11.1 Å². The summed E-state index contributed by atoms with van der Waals surface area (Å²) in [6.45, 7) is 6.21. The second-order valence-electron chi connectivity index (χ2n) is 10.7. The SMILES string of the molecule is COc1ccccc1NCc1c(-c2ccc(OC(=S)c3ccccc3C)cc2OC)ccc2c1N(C)C(=O)C(C)(C)N2. The van der Waals surface area contributed by atoms with E-state index >= 15 is 0 Å². The van der Waals surface area contributed by atoms with Gasteiger partial charge in [-0.1, -0.05) is 42.5 Å². The predicted octanol–water partition coefficient (Wildman–Crippen LogP) is 7.21. The summed E-state index contributed by atoms with van der Waals surface area (Å²) in [5.41, 5.74) is 6.43. The van der Waals surface area contributed by atoms with Gasteiger partial charge in [0.05, 0.1) is 31.3 Å². The fraction of sp³-hybridized carbons (Fsp3) is 0.235. The standard InChI is InChI=1S/C34H35N3O4S/c1-21-11-7-8-12-23(21)32(42)41-22-15-16-25(30(19-22)40-6)24-17-18-28-31(37(4)33(38)34(2,3)36-28)26(24)20-35-27-13-9-10-14-29(27)39-5/h7-19,35-36H,20H2,1-6H3. The van der Waals surface area contributed by atoms with Gasteiger partial charge in [0, 0.05) is 36.3 Å². The number of anilines is 3. The van der Waals surface area contributed by atoms with Gasteiger partial charge in [-0.25, -0.2) is 0 Å². The Morgan fingerprint density at radius 2 is 1.62 bits per heavy atom. The maximum atomic E-state index is 13.4. The Morgan fingerprint density at radius 3 is 2.36 bits per heavy atom. The minimum atomic E-state index is -0.733. The third kappa shape index (κ3) is 5.50. The van der Waals surface area contributed by atoms with E-state index in [1.807, 2.05) is 101 Å². The lowest BCUT2D eigenvalue weighted by atomic mass is 9.91. The van der Waals surface area contributed by atoms with E-state index in [4.69, 9.17) is 26.4 Å². The smallest absolute Gasteiger partial charge is 0.251 e. The van der Waals surface area contributed by atoms with Gasteiger partial charge in [0.1, 0.15) is 22.8 Å². The summed E-state index contributed by atoms with van der Waals surface area (Å²) in [6.07, 6.45) is 0. The number of nitrogens with zero attached hydrogens (tertiary/aromatic N) is 1. The van der Waals surface area contributed by atoms with Crippen LogP contribution in [-0.4, -0.2) is 37.8 Å². The molecule has 1 amide bonds. The maximum absolute atomic E-state index is 13.4. The molecule has 5 rings (SSSR count). The topological polar surface area (TPSA) is 72.1 Å². The zero-order chi connectivity index (χ0) is 30.0. The van der Waals surface area contributed by atoms with E-state index in [1.165, 1.54) is 0 Å². The lowest BCUT2D eigenvalue weighted by Crippen LogP contribution is -2.52. The van der Waals surface area contributed by atoms with Crippen LogP contribution in [0.5, 0.6) is 17.2 Å². The van der Waals surface area contributed by atoms with Crippen molar-refractivity contribution in [1.29, 1.82) is 0 Å². The number of hydrogen-bond acceptors (Lipinski definition) is 7. The van der Waals surface area contributed by atoms with Crippen LogP contribution < -0.4 is 29.7 Å². The molecule has 0 saturated carbocycles. The van der Waals surface area contributed by atoms with Gasteiger partial charge in [-0.3, -0.25) is 4.79 Å². The van der Waals surface area contributed by atoms with Gasteiger partial charge >= 0.3 is 0 Å². The molecule has 1 heterocycles. The number of para-hydroxylation sites is 2. The molecule has 0 spiro atoms. The van der Waals surface area contributed by atoms with Crippen LogP contribution in [0.3, 0.4) is 0 Å². The van der Waals surface area contributed by atoms with E-state index in [-0.39, 0.29) is 5.91 Å². The molecule has 4 aromatic carbocycles. The highest BCUT2D eigenvalue weighted by Crippen LogP contribution is 2.45. The van der Waals surface area contributed by atoms with Gasteiger partial charge in [0.2, 0.25) is 0 Å². The van der Waals surface area contributed by atoms with Gasteiger partial charge in [-0.05, 0) is 74.4 Å². The summed E-state index contributed by atoms with van der Waals surface area (Å²) in [6, 6.07) is 25.4. The molecule has 0 saturated heterocycles. The molecule has 42 heavy (non-hydrogen) atoms. The molecule has 0 aliphatic carbocycles. The lowest BCUT2D eigenvalue weighted by Gasteiger charge is -2.40. The molecule has 0 radical (unpaired) electrons. The van der Waals surface area contributed by atoms with Gasteiger partial charge in [-0.15, -0.1) is 0 Å². The zero-order valence-corrected chi connectivity index (χ0v) is 25.5. The predicted molar refractivity (Wildman–Crippen MR) is 173 cm³/mol. The number of likely N-dealkylation sites (N-methyl/N-ethyl adjacent to an activating group) is 1. The third-order valence-corrected chi connectivity index (χ3v) is 7.81. The zero-order valence-electron chi connectivity index (χ0n) is 24.7. The van der Waals surface area contributed by atoms with Crippen molar-refractivity contribution in [3.8, 4) is 28.4 Å². The summed E-state index contributed by atoms with van der Waals surface area (Å²) in [5, 5.41) is 7.34. The number of ether oxygens (including phenoxy) is 3. The van der Waals surface area contributed by atoms with E-state index in [2.05, 4.69) is 16.7 Å². The molecule has 1 aliphatic heterocycles. The molecular formula is C34H35N3O4S. The Kier molecular flexibility index (Phi) is 8.09. The van der Waals surface area contributed by atoms with Crippen molar-refractivity contribution >= 4 is 40.2 Å². The number of amides is 1. The second kappa shape index (κ2) is 11.7. The summed E-state index contributed by atoms with van der Waals surface area (Å²) < 4.78 is 17.5. The van der Waals surface area contributed by atoms with Gasteiger partial charge < -0.3 is 29.7 Å². The molecule has 8 heteroatoms. The summed E-state index contributed by atoms with van der Waals surface area (Å²) in [4.78, 5) is 15.1. The number of fused-ring (bicyclic) bond motifs is 1. The van der Waals surface area contributed by atoms with Crippen LogP contribution in [-0.2, 0) is 11.3 Å². The van der Waals surface area contributed by atoms with Crippen molar-refractivity contribution in [2.75, 3.05) is 36.8 Å². The van der Waals surface area contributed by atoms with Gasteiger partial charge in [0.25, 0.3) is 5.91 Å². The van der Waals surface area contributed by atoms with E-state index in [0.29, 0.717) is 23.1 Å². The van der Waals surface area contributed by atoms with Gasteiger partial charge in [-0.2, -0.15) is 0 Å². The first-order valence-electron chi connectivity index (χ1n) is 13.7. The molecule has 0 aromatic heterocycles. The number of carbonyl (C=O) groups is 1. The molecule has 1 aliphatic rings. The van der Waals surface area contributed by atoms with Crippen LogP contribution >= 0.6 is 12.2 Å². The molecule has 0 atom stereocenters. The fourth-order valence-corrected chi connectivity index (χ4v) is 5.68. The van der Waals surface area contributed by atoms with E-state index in [0.717, 1.165) is 50.6 Å². The normalized spacial score (nSPS) is 13.6. The number of carbonyl (C=O) groups excluding carboxylic acids is 1. The minimum absolute atomic E-state index is 0.0221. The Balaban J connectivity index is 1.57. The van der Waals surface area contributed by atoms with Crippen LogP contribution in [0, 0.1) is 6.92 Å². The number of thiocarbonyl (C=S) groups is 1. The second-order valence-corrected chi connectivity index (χ2v) is 11.1. The highest BCUT2D eigenvalue weighted by Gasteiger charge is 2.38. The first-order chi connectivity index (χ1) is 20.1. The Bertz CT molecular complexity index is 1670. The molecule has 0 unspecified atom stereocenters. The molecule has 216 valence electrons. The van der Waals surface area contributed by atoms with Gasteiger partial charge in [0.15, 0.2) is 5.05 Å². The summed E-state index contributed by atoms with van der Waals surface area (Å²) in [5.74, 6) is 1.91. The number of rotatable bonds is 8. The highest BCUT2D eigenvalue weighted by molar-refractivity contribution is 7.80. The molecule has 0 fully saturated rings. The summed E-state index contributed by atoms with van der Waals surface area (Å²) in [7, 11) is 5.10. The highest BCUT2D eigenvalue weighted by atomic mass is 32.1. The van der Waals surface area contributed by atoms with E-state index < -0.39 is 5.54 Å². The number of benzene rings is 4. The van der Waals surface area contributed by atoms with Crippen LogP contribution in [0.2, 0.25) is 0 Å². The van der Waals surface area contributed by atoms with Crippen molar-refractivity contribution in [3.63, 3.8) is 0 Å². The molecular weight excluding hydrogens is 546 g/mol. The fourth-order valence-electron chi connectivity index (χ4n) is 5.36. The Labute approximate surface area is 252 Å². The van der Waals surface area contributed by atoms with E-state index in [1.54, 1.807) is 19.1 Å². The van der Waals surface area contributed by atoms with Crippen molar-refractivity contribution in [2.45, 2.75) is 32.9 Å². The van der Waals surface area contributed by atoms with Crippen LogP contribution in [0.4, 0.5) is 17.1 Å². The number of nitrogens with one attached hydrogen (secondary N) is 2. The average molecular weight is 582 g/mol. The lowest BCUT2D eigenvalue weighted by molar-refractivity contribution is -0.121. The van der Waals surface area contributed by atoms with Crippen molar-refractivity contribution in [2.24, 2.45) is 0 Å². The van der Waals surface area contributed by atoms with Crippen molar-refractivity contribution in [3.05, 3.63) is 95.6 Å². The molecule has 0 bridgehead atoms. The molecule has 7 nitrogen and oxygen atoms in total. The third-order valence-electron chi connectivity index (χ3n) is 7.51. The van der Waals surface area contributed by atoms with Crippen molar-refractivity contribution < 1.29 is 19.0 Å². The number of methoxy groups -OCH3 is 2. The first-order valence-corrected chi connectivity index (χ1v) is 14.1. The van der Waals surface area contributed by atoms with Crippen LogP contribution in [0.1, 0.15) is 30.5 Å². The average Bonchev–Trinajstić information content (AvgIpc) is 2.98. The first kappa shape index (κ1) is 29.0. The van der Waals surface area contributed by atoms with Crippen LogP contribution in [0.15, 0.2) is 78.9 Å². The Morgan fingerprint density at radius 1 is 0.929 bits per heavy atom. The molecule has 2 N–H and O–H groups in total. The maximum Gasteiger partial charge on any atom is 0.251 e. The molecule has 4 aromatic rings. The monoisotopic (exact) mass is 581 g/mol. The van der Waals surface area contributed by atoms with Crippen molar-refractivity contribution in [1.82, 2.24) is 0 Å². The Hall–Kier alpha value is -4.56. The van der Waals surface area contributed by atoms with E-state index in [9.17, 15) is 4.79 Å².